The first-order valence-corrected chi connectivity index (χ1v) is 10.9. The van der Waals surface area contributed by atoms with Crippen LogP contribution in [0.5, 0.6) is 0 Å². The summed E-state index contributed by atoms with van der Waals surface area (Å²) in [6, 6.07) is 9.78. The summed E-state index contributed by atoms with van der Waals surface area (Å²) in [6.07, 6.45) is 7.34. The highest BCUT2D eigenvalue weighted by Crippen LogP contribution is 2.28. The number of amides is 2. The fourth-order valence-electron chi connectivity index (χ4n) is 4.62. The molecule has 2 saturated heterocycles. The third-order valence-electron chi connectivity index (χ3n) is 6.36. The van der Waals surface area contributed by atoms with Crippen molar-refractivity contribution in [2.24, 2.45) is 0 Å². The first-order chi connectivity index (χ1) is 15.1. The molecule has 164 valence electrons. The van der Waals surface area contributed by atoms with Gasteiger partial charge in [0.05, 0.1) is 5.69 Å². The van der Waals surface area contributed by atoms with Gasteiger partial charge >= 0.3 is 0 Å². The molecule has 2 N–H and O–H groups in total. The van der Waals surface area contributed by atoms with Gasteiger partial charge in [-0.3, -0.25) is 29.4 Å². The van der Waals surface area contributed by atoms with Crippen LogP contribution in [-0.4, -0.2) is 69.8 Å². The molecule has 4 rings (SSSR count). The van der Waals surface area contributed by atoms with Crippen molar-refractivity contribution in [2.45, 2.75) is 50.5 Å². The van der Waals surface area contributed by atoms with Crippen molar-refractivity contribution in [3.63, 3.8) is 0 Å². The molecule has 3 atom stereocenters. The molecule has 2 aliphatic heterocycles. The van der Waals surface area contributed by atoms with E-state index in [1.807, 2.05) is 30.3 Å². The van der Waals surface area contributed by atoms with Gasteiger partial charge in [-0.1, -0.05) is 12.1 Å². The van der Waals surface area contributed by atoms with E-state index >= 15 is 0 Å². The van der Waals surface area contributed by atoms with E-state index in [0.29, 0.717) is 32.5 Å². The Kier molecular flexibility index (Phi) is 6.89. The van der Waals surface area contributed by atoms with E-state index in [0.717, 1.165) is 24.2 Å². The van der Waals surface area contributed by atoms with Crippen molar-refractivity contribution in [1.29, 1.82) is 0 Å². The molecular formula is C23H30N6O2. The van der Waals surface area contributed by atoms with Gasteiger partial charge in [-0.2, -0.15) is 0 Å². The molecule has 0 unspecified atom stereocenters. The Hall–Kier alpha value is -2.84. The maximum Gasteiger partial charge on any atom is 0.239 e. The van der Waals surface area contributed by atoms with Gasteiger partial charge in [0.25, 0.3) is 0 Å². The summed E-state index contributed by atoms with van der Waals surface area (Å²) in [5, 5.41) is 6.07. The molecule has 0 saturated carbocycles. The molecule has 31 heavy (non-hydrogen) atoms. The Morgan fingerprint density at radius 3 is 2.94 bits per heavy atom. The molecule has 2 fully saturated rings. The number of aromatic nitrogens is 2. The molecule has 2 aromatic heterocycles. The topological polar surface area (TPSA) is 90.5 Å². The molecule has 0 spiro atoms. The predicted octanol–water partition coefficient (Wildman–Crippen LogP) is 0.946. The van der Waals surface area contributed by atoms with Crippen LogP contribution in [0.4, 0.5) is 0 Å². The Morgan fingerprint density at radius 1 is 1.26 bits per heavy atom. The van der Waals surface area contributed by atoms with Crippen LogP contribution in [-0.2, 0) is 22.7 Å². The Bertz CT molecular complexity index is 878. The molecule has 2 aromatic rings. The van der Waals surface area contributed by atoms with E-state index in [9.17, 15) is 9.59 Å². The normalized spacial score (nSPS) is 24.3. The highest BCUT2D eigenvalue weighted by molar-refractivity contribution is 5.83. The highest BCUT2D eigenvalue weighted by atomic mass is 16.2. The average Bonchev–Trinajstić information content (AvgIpc) is 3.17. The second-order valence-electron chi connectivity index (χ2n) is 8.33. The molecular weight excluding hydrogens is 392 g/mol. The summed E-state index contributed by atoms with van der Waals surface area (Å²) in [5.74, 6) is 0.0985. The monoisotopic (exact) mass is 422 g/mol. The third-order valence-corrected chi connectivity index (χ3v) is 6.36. The lowest BCUT2D eigenvalue weighted by molar-refractivity contribution is -0.126. The number of likely N-dealkylation sites (tertiary alicyclic amines) is 1. The van der Waals surface area contributed by atoms with Crippen molar-refractivity contribution in [3.05, 3.63) is 60.2 Å². The molecule has 0 aliphatic carbocycles. The van der Waals surface area contributed by atoms with Crippen LogP contribution in [0.2, 0.25) is 0 Å². The summed E-state index contributed by atoms with van der Waals surface area (Å²) >= 11 is 0. The lowest BCUT2D eigenvalue weighted by Crippen LogP contribution is -2.49. The molecule has 8 nitrogen and oxygen atoms in total. The number of nitrogens with one attached hydrogen (secondary N) is 2. The number of rotatable bonds is 7. The molecule has 8 heteroatoms. The number of nitrogens with zero attached hydrogens (tertiary/aromatic N) is 4. The number of hydrogen-bond donors (Lipinski definition) is 2. The molecule has 2 aliphatic rings. The number of pyridine rings is 2. The van der Waals surface area contributed by atoms with Gasteiger partial charge in [0, 0.05) is 63.3 Å². The minimum atomic E-state index is -0.184. The van der Waals surface area contributed by atoms with Gasteiger partial charge < -0.3 is 10.6 Å². The zero-order valence-corrected chi connectivity index (χ0v) is 17.9. The number of hydrogen-bond acceptors (Lipinski definition) is 6. The van der Waals surface area contributed by atoms with Crippen LogP contribution in [0, 0.1) is 0 Å². The summed E-state index contributed by atoms with van der Waals surface area (Å²) in [5.41, 5.74) is 1.96. The smallest absolute Gasteiger partial charge is 0.239 e. The zero-order chi connectivity index (χ0) is 21.6. The number of likely N-dealkylation sites (N-methyl/N-ethyl adjacent to an activating group) is 1. The maximum absolute atomic E-state index is 12.9. The Morgan fingerprint density at radius 2 is 2.16 bits per heavy atom. The summed E-state index contributed by atoms with van der Waals surface area (Å²) in [7, 11) is 2.08. The zero-order valence-electron chi connectivity index (χ0n) is 17.9. The number of carbonyl (C=O) groups excluding carboxylic acids is 2. The van der Waals surface area contributed by atoms with Gasteiger partial charge in [0.1, 0.15) is 6.04 Å². The van der Waals surface area contributed by atoms with Crippen molar-refractivity contribution < 1.29 is 9.59 Å². The van der Waals surface area contributed by atoms with Crippen LogP contribution in [0.3, 0.4) is 0 Å². The second-order valence-corrected chi connectivity index (χ2v) is 8.33. The Balaban J connectivity index is 1.32. The molecule has 0 aromatic carbocycles. The lowest BCUT2D eigenvalue weighted by Gasteiger charge is -2.33. The van der Waals surface area contributed by atoms with Crippen LogP contribution in [0.15, 0.2) is 48.9 Å². The van der Waals surface area contributed by atoms with Crippen molar-refractivity contribution in [3.8, 4) is 0 Å². The first kappa shape index (κ1) is 21.4. The van der Waals surface area contributed by atoms with Gasteiger partial charge in [0.2, 0.25) is 11.8 Å². The minimum absolute atomic E-state index is 0.0209. The highest BCUT2D eigenvalue weighted by Gasteiger charge is 2.44. The van der Waals surface area contributed by atoms with E-state index in [4.69, 9.17) is 0 Å². The number of carbonyl (C=O) groups is 2. The standard InChI is InChI=1S/C23H30N6O2/c1-28-19(7-8-21(30)26-14-17-5-4-10-24-13-17)15-27-23(31)22-20(28)9-12-29(22)16-18-6-2-3-11-25-18/h2-6,10-11,13,19-20,22H,7-9,12,14-16H2,1H3,(H,26,30)(H,27,31)/t19-,20+,22-/m0/s1. The van der Waals surface area contributed by atoms with Gasteiger partial charge in [-0.15, -0.1) is 0 Å². The lowest BCUT2D eigenvalue weighted by atomic mass is 10.0. The first-order valence-electron chi connectivity index (χ1n) is 10.9. The van der Waals surface area contributed by atoms with E-state index in [2.05, 4.69) is 37.4 Å². The predicted molar refractivity (Wildman–Crippen MR) is 117 cm³/mol. The Labute approximate surface area is 183 Å². The van der Waals surface area contributed by atoms with Crippen LogP contribution in [0.25, 0.3) is 0 Å². The van der Waals surface area contributed by atoms with E-state index < -0.39 is 0 Å². The summed E-state index contributed by atoms with van der Waals surface area (Å²) in [4.78, 5) is 38.3. The molecule has 2 amide bonds. The van der Waals surface area contributed by atoms with Gasteiger partial charge in [0.15, 0.2) is 0 Å². The largest absolute Gasteiger partial charge is 0.353 e. The fourth-order valence-corrected chi connectivity index (χ4v) is 4.62. The molecule has 0 bridgehead atoms. The van der Waals surface area contributed by atoms with E-state index in [-0.39, 0.29) is 29.9 Å². The van der Waals surface area contributed by atoms with Gasteiger partial charge in [-0.05, 0) is 43.7 Å². The summed E-state index contributed by atoms with van der Waals surface area (Å²) in [6.45, 7) is 2.58. The summed E-state index contributed by atoms with van der Waals surface area (Å²) < 4.78 is 0. The number of fused-ring (bicyclic) bond motifs is 1. The van der Waals surface area contributed by atoms with E-state index in [1.165, 1.54) is 0 Å². The van der Waals surface area contributed by atoms with Crippen LogP contribution < -0.4 is 10.6 Å². The van der Waals surface area contributed by atoms with Crippen LogP contribution >= 0.6 is 0 Å². The molecule has 4 heterocycles. The molecule has 0 radical (unpaired) electrons. The second kappa shape index (κ2) is 9.98. The van der Waals surface area contributed by atoms with Crippen molar-refractivity contribution in [1.82, 2.24) is 30.4 Å². The fraction of sp³-hybridized carbons (Fsp3) is 0.478. The average molecular weight is 423 g/mol. The van der Waals surface area contributed by atoms with Crippen molar-refractivity contribution in [2.75, 3.05) is 20.1 Å². The van der Waals surface area contributed by atoms with Crippen LogP contribution in [0.1, 0.15) is 30.5 Å². The van der Waals surface area contributed by atoms with Gasteiger partial charge in [-0.25, -0.2) is 0 Å². The maximum atomic E-state index is 12.9. The SMILES string of the molecule is CN1[C@@H](CCC(=O)NCc2cccnc2)CNC(=O)[C@@H]2[C@H]1CCN2Cc1ccccn1. The van der Waals surface area contributed by atoms with E-state index in [1.54, 1.807) is 18.6 Å². The third kappa shape index (κ3) is 5.26. The quantitative estimate of drug-likeness (QED) is 0.690. The van der Waals surface area contributed by atoms with Crippen molar-refractivity contribution >= 4 is 11.8 Å². The minimum Gasteiger partial charge on any atom is -0.353 e.